The number of anilines is 3. The number of aromatic nitrogens is 2. The fraction of sp³-hybridized carbons (Fsp3) is 0.375. The minimum atomic E-state index is -5.01. The lowest BCUT2D eigenvalue weighted by Crippen LogP contribution is -2.43. The van der Waals surface area contributed by atoms with E-state index in [0.717, 1.165) is 21.6 Å². The van der Waals surface area contributed by atoms with Gasteiger partial charge < -0.3 is 15.1 Å². The number of carbonyl (C=O) groups is 1. The number of fused-ring (bicyclic) bond motifs is 1. The van der Waals surface area contributed by atoms with E-state index in [1.807, 2.05) is 43.3 Å². The molecule has 1 N–H and O–H groups in total. The molecular weight excluding hydrogens is 502 g/mol. The number of hydrogen-bond acceptors (Lipinski definition) is 5. The predicted molar refractivity (Wildman–Crippen MR) is 133 cm³/mol. The van der Waals surface area contributed by atoms with Crippen LogP contribution in [0.25, 0.3) is 10.9 Å². The van der Waals surface area contributed by atoms with Crippen molar-refractivity contribution >= 4 is 57.5 Å². The molecule has 0 radical (unpaired) electrons. The third-order valence-electron chi connectivity index (χ3n) is 6.02. The summed E-state index contributed by atoms with van der Waals surface area (Å²) in [6.45, 7) is -0.0873. The van der Waals surface area contributed by atoms with Gasteiger partial charge in [-0.15, -0.1) is 0 Å². The van der Waals surface area contributed by atoms with Crippen molar-refractivity contribution in [3.63, 3.8) is 0 Å². The van der Waals surface area contributed by atoms with E-state index in [-0.39, 0.29) is 34.2 Å². The molecule has 35 heavy (non-hydrogen) atoms. The zero-order chi connectivity index (χ0) is 25.3. The van der Waals surface area contributed by atoms with E-state index in [1.54, 1.807) is 0 Å². The van der Waals surface area contributed by atoms with E-state index in [0.29, 0.717) is 25.2 Å². The summed E-state index contributed by atoms with van der Waals surface area (Å²) in [5.41, 5.74) is 0.858. The lowest BCUT2D eigenvalue weighted by atomic mass is 10.1. The molecule has 0 spiro atoms. The predicted octanol–water partition coefficient (Wildman–Crippen LogP) is 6.18. The first-order valence-corrected chi connectivity index (χ1v) is 11.8. The van der Waals surface area contributed by atoms with Gasteiger partial charge in [-0.05, 0) is 55.5 Å². The Balaban J connectivity index is 1.51. The van der Waals surface area contributed by atoms with Crippen LogP contribution in [0.2, 0.25) is 10.0 Å². The topological polar surface area (TPSA) is 61.4 Å². The highest BCUT2D eigenvalue weighted by atomic mass is 35.5. The standard InChI is InChI=1S/C24H24Cl2F3N5O/c1-33(2)21-17-5-3-4-6-20(17)31-23(32-21)30-15-8-7-14(11-15)13-34(22(35)24(27,28)29)16-9-10-18(25)19(26)12-16/h3-6,9-10,12,14-15H,7-8,11,13H2,1-2H3,(H,30,31,32)/t14-,15+/m1/s1. The Morgan fingerprint density at radius 1 is 1.09 bits per heavy atom. The van der Waals surface area contributed by atoms with Crippen LogP contribution in [-0.2, 0) is 4.79 Å². The Hall–Kier alpha value is -2.78. The van der Waals surface area contributed by atoms with E-state index in [2.05, 4.69) is 15.3 Å². The number of alkyl halides is 3. The van der Waals surface area contributed by atoms with E-state index >= 15 is 0 Å². The fourth-order valence-corrected chi connectivity index (χ4v) is 4.68. The number of carbonyl (C=O) groups excluding carboxylic acids is 1. The Morgan fingerprint density at radius 2 is 1.83 bits per heavy atom. The monoisotopic (exact) mass is 525 g/mol. The van der Waals surface area contributed by atoms with Gasteiger partial charge in [0.1, 0.15) is 5.82 Å². The molecule has 0 bridgehead atoms. The van der Waals surface area contributed by atoms with Gasteiger partial charge >= 0.3 is 12.1 Å². The molecule has 1 saturated carbocycles. The normalized spacial score (nSPS) is 18.0. The molecule has 1 aromatic heterocycles. The van der Waals surface area contributed by atoms with E-state index in [9.17, 15) is 18.0 Å². The van der Waals surface area contributed by atoms with Crippen LogP contribution in [0, 0.1) is 5.92 Å². The number of benzene rings is 2. The second-order valence-electron chi connectivity index (χ2n) is 8.81. The Kier molecular flexibility index (Phi) is 7.28. The second-order valence-corrected chi connectivity index (χ2v) is 9.63. The molecule has 6 nitrogen and oxygen atoms in total. The van der Waals surface area contributed by atoms with Crippen molar-refractivity contribution < 1.29 is 18.0 Å². The summed E-state index contributed by atoms with van der Waals surface area (Å²) < 4.78 is 40.1. The molecule has 1 amide bonds. The number of nitrogens with one attached hydrogen (secondary N) is 1. The van der Waals surface area contributed by atoms with Crippen LogP contribution in [0.3, 0.4) is 0 Å². The van der Waals surface area contributed by atoms with Gasteiger partial charge in [-0.25, -0.2) is 4.98 Å². The smallest absolute Gasteiger partial charge is 0.362 e. The molecule has 0 saturated heterocycles. The zero-order valence-electron chi connectivity index (χ0n) is 19.1. The van der Waals surface area contributed by atoms with Crippen LogP contribution in [-0.4, -0.2) is 48.7 Å². The second kappa shape index (κ2) is 10.1. The van der Waals surface area contributed by atoms with Crippen molar-refractivity contribution in [1.82, 2.24) is 9.97 Å². The number of amides is 1. The van der Waals surface area contributed by atoms with Gasteiger partial charge in [0, 0.05) is 37.8 Å². The van der Waals surface area contributed by atoms with Gasteiger partial charge in [0.15, 0.2) is 0 Å². The highest BCUT2D eigenvalue weighted by Gasteiger charge is 2.44. The molecule has 1 aliphatic rings. The van der Waals surface area contributed by atoms with Crippen molar-refractivity contribution in [2.24, 2.45) is 5.92 Å². The minimum Gasteiger partial charge on any atom is -0.362 e. The van der Waals surface area contributed by atoms with Crippen molar-refractivity contribution in [2.75, 3.05) is 35.8 Å². The Morgan fingerprint density at radius 3 is 2.51 bits per heavy atom. The SMILES string of the molecule is CN(C)c1nc(N[C@H]2CC[C@@H](CN(C(=O)C(F)(F)F)c3ccc(Cl)c(Cl)c3)C2)nc2ccccc12. The van der Waals surface area contributed by atoms with Crippen molar-refractivity contribution in [3.05, 3.63) is 52.5 Å². The molecule has 3 aromatic rings. The maximum absolute atomic E-state index is 13.4. The van der Waals surface area contributed by atoms with E-state index in [4.69, 9.17) is 23.2 Å². The molecule has 2 aromatic carbocycles. The van der Waals surface area contributed by atoms with Gasteiger partial charge in [0.2, 0.25) is 5.95 Å². The summed E-state index contributed by atoms with van der Waals surface area (Å²) in [4.78, 5) is 24.1. The van der Waals surface area contributed by atoms with Crippen LogP contribution in [0.1, 0.15) is 19.3 Å². The summed E-state index contributed by atoms with van der Waals surface area (Å²) in [5.74, 6) is -0.845. The summed E-state index contributed by atoms with van der Waals surface area (Å²) in [5, 5.41) is 4.55. The number of para-hydroxylation sites is 1. The molecular formula is C24H24Cl2F3N5O. The molecule has 1 aliphatic carbocycles. The minimum absolute atomic E-state index is 0.0344. The molecule has 1 fully saturated rings. The molecule has 1 heterocycles. The van der Waals surface area contributed by atoms with Crippen LogP contribution in [0.4, 0.5) is 30.6 Å². The van der Waals surface area contributed by atoms with E-state index in [1.165, 1.54) is 18.2 Å². The summed E-state index contributed by atoms with van der Waals surface area (Å²) in [6.07, 6.45) is -3.08. The van der Waals surface area contributed by atoms with Gasteiger partial charge in [0.25, 0.3) is 0 Å². The number of rotatable bonds is 6. The number of hydrogen-bond donors (Lipinski definition) is 1. The van der Waals surface area contributed by atoms with Gasteiger partial charge in [-0.3, -0.25) is 4.79 Å². The first-order chi connectivity index (χ1) is 16.5. The maximum Gasteiger partial charge on any atom is 0.471 e. The van der Waals surface area contributed by atoms with Gasteiger partial charge in [-0.1, -0.05) is 35.3 Å². The third-order valence-corrected chi connectivity index (χ3v) is 6.76. The largest absolute Gasteiger partial charge is 0.471 e. The first-order valence-electron chi connectivity index (χ1n) is 11.1. The molecule has 11 heteroatoms. The molecule has 0 unspecified atom stereocenters. The Bertz CT molecular complexity index is 1240. The summed E-state index contributed by atoms with van der Waals surface area (Å²) in [6, 6.07) is 11.7. The first kappa shape index (κ1) is 25.3. The van der Waals surface area contributed by atoms with Gasteiger partial charge in [-0.2, -0.15) is 18.2 Å². The molecule has 186 valence electrons. The van der Waals surface area contributed by atoms with Gasteiger partial charge in [0.05, 0.1) is 15.6 Å². The number of nitrogens with zero attached hydrogens (tertiary/aromatic N) is 4. The molecule has 2 atom stereocenters. The van der Waals surface area contributed by atoms with Crippen LogP contribution < -0.4 is 15.1 Å². The van der Waals surface area contributed by atoms with Crippen molar-refractivity contribution in [2.45, 2.75) is 31.5 Å². The van der Waals surface area contributed by atoms with Crippen molar-refractivity contribution in [3.8, 4) is 0 Å². The average Bonchev–Trinajstić information content (AvgIpc) is 3.24. The highest BCUT2D eigenvalue weighted by molar-refractivity contribution is 6.42. The lowest BCUT2D eigenvalue weighted by Gasteiger charge is -2.27. The maximum atomic E-state index is 13.4. The third kappa shape index (κ3) is 5.73. The zero-order valence-corrected chi connectivity index (χ0v) is 20.6. The quantitative estimate of drug-likeness (QED) is 0.416. The van der Waals surface area contributed by atoms with Crippen LogP contribution >= 0.6 is 23.2 Å². The lowest BCUT2D eigenvalue weighted by molar-refractivity contribution is -0.170. The Labute approximate surface area is 211 Å². The van der Waals surface area contributed by atoms with Crippen LogP contribution in [0.5, 0.6) is 0 Å². The van der Waals surface area contributed by atoms with Crippen LogP contribution in [0.15, 0.2) is 42.5 Å². The highest BCUT2D eigenvalue weighted by Crippen LogP contribution is 2.34. The van der Waals surface area contributed by atoms with E-state index < -0.39 is 12.1 Å². The summed E-state index contributed by atoms with van der Waals surface area (Å²) >= 11 is 11.9. The van der Waals surface area contributed by atoms with Crippen molar-refractivity contribution in [1.29, 1.82) is 0 Å². The molecule has 4 rings (SSSR count). The molecule has 0 aliphatic heterocycles. The summed E-state index contributed by atoms with van der Waals surface area (Å²) in [7, 11) is 3.80. The average molecular weight is 526 g/mol. The number of halogens is 5. The fourth-order valence-electron chi connectivity index (χ4n) is 4.39.